The Balaban J connectivity index is 1.32. The molecule has 0 saturated heterocycles. The molecular formula is C29H35F3N6O3. The third kappa shape index (κ3) is 9.59. The summed E-state index contributed by atoms with van der Waals surface area (Å²) in [6, 6.07) is 13.7. The van der Waals surface area contributed by atoms with E-state index in [1.807, 2.05) is 30.3 Å². The van der Waals surface area contributed by atoms with Gasteiger partial charge in [0, 0.05) is 31.5 Å². The van der Waals surface area contributed by atoms with Crippen molar-refractivity contribution in [3.8, 4) is 5.75 Å². The Hall–Kier alpha value is -3.93. The second-order valence-corrected chi connectivity index (χ2v) is 9.89. The normalized spacial score (nSPS) is 13.8. The molecule has 0 amide bonds. The number of nitrogens with one attached hydrogen (secondary N) is 2. The number of fused-ring (bicyclic) bond motifs is 1. The smallest absolute Gasteiger partial charge is 0.451 e. The Morgan fingerprint density at radius 3 is 2.68 bits per heavy atom. The quantitative estimate of drug-likeness (QED) is 0.219. The van der Waals surface area contributed by atoms with Gasteiger partial charge in [-0.3, -0.25) is 4.90 Å². The predicted molar refractivity (Wildman–Crippen MR) is 149 cm³/mol. The highest BCUT2D eigenvalue weighted by Crippen LogP contribution is 2.26. The number of carboxylic acids is 1. The van der Waals surface area contributed by atoms with Gasteiger partial charge in [-0.05, 0) is 74.9 Å². The summed E-state index contributed by atoms with van der Waals surface area (Å²) < 4.78 is 44.8. The first-order valence-electron chi connectivity index (χ1n) is 13.8. The molecule has 0 radical (unpaired) electrons. The summed E-state index contributed by atoms with van der Waals surface area (Å²) in [5, 5.41) is 15.7. The minimum atomic E-state index is -4.73. The Bertz CT molecular complexity index is 1260. The second kappa shape index (κ2) is 14.6. The number of alkyl halides is 3. The van der Waals surface area contributed by atoms with Crippen molar-refractivity contribution in [2.75, 3.05) is 43.4 Å². The summed E-state index contributed by atoms with van der Waals surface area (Å²) in [4.78, 5) is 25.5. The van der Waals surface area contributed by atoms with Crippen molar-refractivity contribution in [1.29, 1.82) is 0 Å². The molecule has 0 bridgehead atoms. The number of hydrogen-bond donors (Lipinski definition) is 3. The Kier molecular flexibility index (Phi) is 10.7. The molecule has 3 N–H and O–H groups in total. The zero-order chi connectivity index (χ0) is 29.1. The molecule has 0 spiro atoms. The van der Waals surface area contributed by atoms with Crippen LogP contribution in [0.25, 0.3) is 0 Å². The standard InChI is InChI=1S/C29H35F3N6O3/c30-29(31,32)28-34-16-13-25(37-28)36-24(27(39)40)14-18-38(19-20-41-23-9-2-1-3-10-23)17-5-4-8-22-12-11-21-7-6-15-33-26(21)35-22/h1-3,9-13,16,24H,4-8,14-15,17-20H2,(H,33,35)(H,39,40)(H,34,36,37). The molecule has 220 valence electrons. The number of anilines is 2. The van der Waals surface area contributed by atoms with Crippen LogP contribution in [0.1, 0.15) is 42.8 Å². The van der Waals surface area contributed by atoms with Gasteiger partial charge in [-0.25, -0.2) is 19.7 Å². The number of benzene rings is 1. The van der Waals surface area contributed by atoms with Crippen LogP contribution in [-0.2, 0) is 23.8 Å². The van der Waals surface area contributed by atoms with Gasteiger partial charge in [0.25, 0.3) is 0 Å². The number of pyridine rings is 1. The van der Waals surface area contributed by atoms with Gasteiger partial charge in [-0.15, -0.1) is 0 Å². The number of unbranched alkanes of at least 4 members (excludes halogenated alkanes) is 1. The van der Waals surface area contributed by atoms with Crippen LogP contribution in [0.5, 0.6) is 5.75 Å². The van der Waals surface area contributed by atoms with Crippen LogP contribution >= 0.6 is 0 Å². The number of hydrogen-bond acceptors (Lipinski definition) is 8. The zero-order valence-electron chi connectivity index (χ0n) is 22.7. The van der Waals surface area contributed by atoms with E-state index >= 15 is 0 Å². The van der Waals surface area contributed by atoms with Gasteiger partial charge in [-0.2, -0.15) is 13.2 Å². The number of ether oxygens (including phenoxy) is 1. The third-order valence-electron chi connectivity index (χ3n) is 6.79. The molecule has 9 nitrogen and oxygen atoms in total. The van der Waals surface area contributed by atoms with Crippen LogP contribution in [0.4, 0.5) is 24.8 Å². The fourth-order valence-corrected chi connectivity index (χ4v) is 4.62. The number of aromatic nitrogens is 3. The molecule has 1 unspecified atom stereocenters. The molecule has 41 heavy (non-hydrogen) atoms. The van der Waals surface area contributed by atoms with E-state index in [1.165, 1.54) is 11.6 Å². The van der Waals surface area contributed by atoms with Gasteiger partial charge in [0.15, 0.2) is 0 Å². The second-order valence-electron chi connectivity index (χ2n) is 9.89. The van der Waals surface area contributed by atoms with Gasteiger partial charge in [0.1, 0.15) is 30.0 Å². The lowest BCUT2D eigenvalue weighted by Crippen LogP contribution is -2.37. The van der Waals surface area contributed by atoms with Gasteiger partial charge < -0.3 is 20.5 Å². The molecule has 0 aliphatic carbocycles. The van der Waals surface area contributed by atoms with E-state index in [1.54, 1.807) is 0 Å². The lowest BCUT2D eigenvalue weighted by Gasteiger charge is -2.25. The number of aliphatic carboxylic acids is 1. The molecule has 1 aliphatic heterocycles. The van der Waals surface area contributed by atoms with E-state index in [-0.39, 0.29) is 12.2 Å². The number of rotatable bonds is 15. The number of halogens is 3. The van der Waals surface area contributed by atoms with Crippen LogP contribution < -0.4 is 15.4 Å². The average Bonchev–Trinajstić information content (AvgIpc) is 2.97. The molecule has 0 saturated carbocycles. The molecule has 1 aromatic carbocycles. The zero-order valence-corrected chi connectivity index (χ0v) is 22.7. The van der Waals surface area contributed by atoms with Crippen molar-refractivity contribution in [1.82, 2.24) is 19.9 Å². The van der Waals surface area contributed by atoms with Crippen molar-refractivity contribution in [2.45, 2.75) is 50.7 Å². The van der Waals surface area contributed by atoms with Crippen LogP contribution in [0.15, 0.2) is 54.7 Å². The van der Waals surface area contributed by atoms with Crippen molar-refractivity contribution in [3.05, 3.63) is 71.8 Å². The monoisotopic (exact) mass is 572 g/mol. The SMILES string of the molecule is O=C(O)C(CCN(CCCCc1ccc2c(n1)NCCC2)CCOc1ccccc1)Nc1ccnc(C(F)(F)F)n1. The molecule has 3 heterocycles. The van der Waals surface area contributed by atoms with Crippen molar-refractivity contribution >= 4 is 17.6 Å². The predicted octanol–water partition coefficient (Wildman–Crippen LogP) is 4.91. The van der Waals surface area contributed by atoms with Gasteiger partial charge in [-0.1, -0.05) is 24.3 Å². The molecule has 1 atom stereocenters. The Morgan fingerprint density at radius 1 is 1.07 bits per heavy atom. The topological polar surface area (TPSA) is 112 Å². The molecule has 4 rings (SSSR count). The fourth-order valence-electron chi connectivity index (χ4n) is 4.62. The summed E-state index contributed by atoms with van der Waals surface area (Å²) in [6.45, 7) is 3.03. The summed E-state index contributed by atoms with van der Waals surface area (Å²) in [5.74, 6) is -0.966. The summed E-state index contributed by atoms with van der Waals surface area (Å²) in [7, 11) is 0. The van der Waals surface area contributed by atoms with Gasteiger partial charge >= 0.3 is 12.1 Å². The summed E-state index contributed by atoms with van der Waals surface area (Å²) in [6.07, 6.45) is 1.15. The minimum absolute atomic E-state index is 0.157. The highest BCUT2D eigenvalue weighted by molar-refractivity contribution is 5.76. The number of carbonyl (C=O) groups is 1. The van der Waals surface area contributed by atoms with Crippen LogP contribution in [-0.4, -0.2) is 69.8 Å². The van der Waals surface area contributed by atoms with Crippen LogP contribution in [0.2, 0.25) is 0 Å². The van der Waals surface area contributed by atoms with Gasteiger partial charge in [0.05, 0.1) is 0 Å². The first kappa shape index (κ1) is 30.0. The van der Waals surface area contributed by atoms with E-state index in [9.17, 15) is 23.1 Å². The first-order chi connectivity index (χ1) is 19.8. The van der Waals surface area contributed by atoms with Crippen molar-refractivity contribution in [2.24, 2.45) is 0 Å². The van der Waals surface area contributed by atoms with E-state index in [2.05, 4.69) is 37.6 Å². The molecular weight excluding hydrogens is 537 g/mol. The maximum Gasteiger partial charge on any atom is 0.451 e. The number of nitrogens with zero attached hydrogens (tertiary/aromatic N) is 4. The Labute approximate surface area is 237 Å². The highest BCUT2D eigenvalue weighted by atomic mass is 19.4. The lowest BCUT2D eigenvalue weighted by molar-refractivity contribution is -0.144. The van der Waals surface area contributed by atoms with E-state index < -0.39 is 24.0 Å². The molecule has 1 aliphatic rings. The third-order valence-corrected chi connectivity index (χ3v) is 6.79. The van der Waals surface area contributed by atoms with Crippen molar-refractivity contribution in [3.63, 3.8) is 0 Å². The van der Waals surface area contributed by atoms with E-state index in [0.29, 0.717) is 26.2 Å². The van der Waals surface area contributed by atoms with Gasteiger partial charge in [0.2, 0.25) is 5.82 Å². The lowest BCUT2D eigenvalue weighted by atomic mass is 10.1. The largest absolute Gasteiger partial charge is 0.492 e. The first-order valence-corrected chi connectivity index (χ1v) is 13.8. The average molecular weight is 573 g/mol. The number of para-hydroxylation sites is 1. The fraction of sp³-hybridized carbons (Fsp3) is 0.448. The Morgan fingerprint density at radius 2 is 1.90 bits per heavy atom. The van der Waals surface area contributed by atoms with E-state index in [4.69, 9.17) is 9.72 Å². The molecule has 3 aromatic rings. The summed E-state index contributed by atoms with van der Waals surface area (Å²) >= 11 is 0. The van der Waals surface area contributed by atoms with Crippen LogP contribution in [0.3, 0.4) is 0 Å². The number of carboxylic acid groups (broad SMARTS) is 1. The maximum absolute atomic E-state index is 13.0. The number of aryl methyl sites for hydroxylation is 2. The summed E-state index contributed by atoms with van der Waals surface area (Å²) in [5.41, 5.74) is 2.29. The molecule has 2 aromatic heterocycles. The highest BCUT2D eigenvalue weighted by Gasteiger charge is 2.35. The molecule has 12 heteroatoms. The maximum atomic E-state index is 13.0. The molecule has 0 fully saturated rings. The van der Waals surface area contributed by atoms with Crippen LogP contribution in [0, 0.1) is 0 Å². The van der Waals surface area contributed by atoms with Crippen molar-refractivity contribution < 1.29 is 27.8 Å². The minimum Gasteiger partial charge on any atom is -0.492 e. The van der Waals surface area contributed by atoms with E-state index in [0.717, 1.165) is 62.1 Å².